The van der Waals surface area contributed by atoms with Crippen molar-refractivity contribution in [3.05, 3.63) is 36.5 Å². The average molecular weight is 313 g/mol. The summed E-state index contributed by atoms with van der Waals surface area (Å²) in [4.78, 5) is 15.3. The van der Waals surface area contributed by atoms with Crippen LogP contribution < -0.4 is 0 Å². The molecule has 1 N–H and O–H groups in total. The number of ether oxygens (including phenoxy) is 1. The van der Waals surface area contributed by atoms with Gasteiger partial charge in [0, 0.05) is 30.1 Å². The summed E-state index contributed by atoms with van der Waals surface area (Å²) in [5.41, 5.74) is 2.07. The molecule has 0 aliphatic carbocycles. The van der Waals surface area contributed by atoms with Crippen LogP contribution in [0.15, 0.2) is 30.9 Å². The van der Waals surface area contributed by atoms with Crippen molar-refractivity contribution in [2.75, 3.05) is 6.61 Å². The highest BCUT2D eigenvalue weighted by Crippen LogP contribution is 2.27. The predicted molar refractivity (Wildman–Crippen MR) is 80.0 cm³/mol. The molecule has 1 aliphatic rings. The van der Waals surface area contributed by atoms with E-state index >= 15 is 0 Å². The van der Waals surface area contributed by atoms with E-state index in [1.165, 1.54) is 6.07 Å². The van der Waals surface area contributed by atoms with Gasteiger partial charge in [0.15, 0.2) is 11.3 Å². The second-order valence-corrected chi connectivity index (χ2v) is 5.47. The maximum atomic E-state index is 11.1. The van der Waals surface area contributed by atoms with Crippen LogP contribution in [0.4, 0.5) is 0 Å². The van der Waals surface area contributed by atoms with Gasteiger partial charge in [0.25, 0.3) is 0 Å². The average Bonchev–Trinajstić information content (AvgIpc) is 3.21. The zero-order valence-corrected chi connectivity index (χ0v) is 12.3. The van der Waals surface area contributed by atoms with Crippen LogP contribution in [0.3, 0.4) is 0 Å². The van der Waals surface area contributed by atoms with E-state index in [4.69, 9.17) is 9.84 Å². The first-order valence-electron chi connectivity index (χ1n) is 7.46. The standard InChI is InChI=1S/C15H15N5O3/c21-15(22)12-4-5-19-14(18-12)11(8-17-19)10-7-16-20(9-10)13-3-1-2-6-23-13/h4-5,7-9,13H,1-3,6H2,(H,21,22). The third-order valence-corrected chi connectivity index (χ3v) is 3.95. The summed E-state index contributed by atoms with van der Waals surface area (Å²) in [6.45, 7) is 0.750. The molecule has 1 fully saturated rings. The van der Waals surface area contributed by atoms with Crippen LogP contribution in [-0.4, -0.2) is 42.1 Å². The van der Waals surface area contributed by atoms with E-state index < -0.39 is 5.97 Å². The molecule has 8 nitrogen and oxygen atoms in total. The molecule has 3 aromatic rings. The van der Waals surface area contributed by atoms with Gasteiger partial charge in [0.2, 0.25) is 0 Å². The lowest BCUT2D eigenvalue weighted by atomic mass is 10.2. The highest BCUT2D eigenvalue weighted by molar-refractivity contribution is 5.87. The van der Waals surface area contributed by atoms with Crippen LogP contribution in [0.2, 0.25) is 0 Å². The molecule has 0 bridgehead atoms. The first-order chi connectivity index (χ1) is 11.2. The number of carbonyl (C=O) groups is 1. The van der Waals surface area contributed by atoms with Crippen molar-refractivity contribution in [1.82, 2.24) is 24.4 Å². The van der Waals surface area contributed by atoms with Crippen molar-refractivity contribution < 1.29 is 14.6 Å². The number of carboxylic acid groups (broad SMARTS) is 1. The molecule has 118 valence electrons. The Morgan fingerprint density at radius 3 is 3.00 bits per heavy atom. The van der Waals surface area contributed by atoms with Gasteiger partial charge in [0.1, 0.15) is 6.23 Å². The van der Waals surface area contributed by atoms with Crippen molar-refractivity contribution in [2.24, 2.45) is 0 Å². The molecule has 23 heavy (non-hydrogen) atoms. The molecule has 1 aliphatic heterocycles. The van der Waals surface area contributed by atoms with Gasteiger partial charge in [-0.25, -0.2) is 19.0 Å². The third kappa shape index (κ3) is 2.46. The first-order valence-corrected chi connectivity index (χ1v) is 7.46. The lowest BCUT2D eigenvalue weighted by molar-refractivity contribution is -0.0394. The van der Waals surface area contributed by atoms with Gasteiger partial charge in [-0.1, -0.05) is 0 Å². The van der Waals surface area contributed by atoms with E-state index in [1.807, 2.05) is 6.20 Å². The van der Waals surface area contributed by atoms with E-state index in [1.54, 1.807) is 27.8 Å². The van der Waals surface area contributed by atoms with Gasteiger partial charge >= 0.3 is 5.97 Å². The Bertz CT molecular complexity index is 863. The number of hydrogen-bond acceptors (Lipinski definition) is 5. The maximum Gasteiger partial charge on any atom is 0.354 e. The SMILES string of the molecule is O=C(O)c1ccn2ncc(-c3cnn(C4CCCCO4)c3)c2n1. The van der Waals surface area contributed by atoms with Crippen molar-refractivity contribution in [3.8, 4) is 11.1 Å². The summed E-state index contributed by atoms with van der Waals surface area (Å²) in [6.07, 6.45) is 9.98. The molecule has 3 aromatic heterocycles. The van der Waals surface area contributed by atoms with Crippen LogP contribution in [0.5, 0.6) is 0 Å². The smallest absolute Gasteiger partial charge is 0.354 e. The van der Waals surface area contributed by atoms with Crippen molar-refractivity contribution >= 4 is 11.6 Å². The third-order valence-electron chi connectivity index (χ3n) is 3.95. The van der Waals surface area contributed by atoms with Crippen molar-refractivity contribution in [3.63, 3.8) is 0 Å². The first kappa shape index (κ1) is 13.9. The Morgan fingerprint density at radius 2 is 2.22 bits per heavy atom. The minimum Gasteiger partial charge on any atom is -0.477 e. The topological polar surface area (TPSA) is 94.5 Å². The Morgan fingerprint density at radius 1 is 1.30 bits per heavy atom. The van der Waals surface area contributed by atoms with E-state index in [0.29, 0.717) is 5.65 Å². The molecular formula is C15H15N5O3. The van der Waals surface area contributed by atoms with Gasteiger partial charge in [-0.15, -0.1) is 0 Å². The summed E-state index contributed by atoms with van der Waals surface area (Å²) in [7, 11) is 0. The number of fused-ring (bicyclic) bond motifs is 1. The van der Waals surface area contributed by atoms with Crippen LogP contribution >= 0.6 is 0 Å². The normalized spacial score (nSPS) is 18.3. The van der Waals surface area contributed by atoms with Crippen LogP contribution in [0, 0.1) is 0 Å². The van der Waals surface area contributed by atoms with Crippen LogP contribution in [0.1, 0.15) is 36.0 Å². The second-order valence-electron chi connectivity index (χ2n) is 5.47. The minimum atomic E-state index is -1.06. The Balaban J connectivity index is 1.72. The molecule has 8 heteroatoms. The fourth-order valence-corrected chi connectivity index (χ4v) is 2.76. The zero-order valence-electron chi connectivity index (χ0n) is 12.3. The molecule has 0 aromatic carbocycles. The van der Waals surface area contributed by atoms with Crippen molar-refractivity contribution in [2.45, 2.75) is 25.5 Å². The van der Waals surface area contributed by atoms with Gasteiger partial charge in [-0.2, -0.15) is 10.2 Å². The Hall–Kier alpha value is -2.74. The molecule has 0 saturated carbocycles. The van der Waals surface area contributed by atoms with E-state index in [9.17, 15) is 4.79 Å². The van der Waals surface area contributed by atoms with Gasteiger partial charge in [-0.05, 0) is 25.3 Å². The number of hydrogen-bond donors (Lipinski definition) is 1. The van der Waals surface area contributed by atoms with E-state index in [2.05, 4.69) is 15.2 Å². The van der Waals surface area contributed by atoms with Gasteiger partial charge < -0.3 is 9.84 Å². The summed E-state index contributed by atoms with van der Waals surface area (Å²) >= 11 is 0. The lowest BCUT2D eigenvalue weighted by Gasteiger charge is -2.22. The molecular weight excluding hydrogens is 298 g/mol. The molecule has 4 rings (SSSR count). The lowest BCUT2D eigenvalue weighted by Crippen LogP contribution is -2.18. The molecule has 4 heterocycles. The molecule has 0 amide bonds. The molecule has 0 spiro atoms. The summed E-state index contributed by atoms with van der Waals surface area (Å²) in [6, 6.07) is 1.42. The van der Waals surface area contributed by atoms with Gasteiger partial charge in [0.05, 0.1) is 12.4 Å². The Kier molecular flexibility index (Phi) is 3.30. The highest BCUT2D eigenvalue weighted by Gasteiger charge is 2.18. The minimum absolute atomic E-state index is 0.0118. The molecule has 1 saturated heterocycles. The van der Waals surface area contributed by atoms with E-state index in [0.717, 1.165) is 37.0 Å². The van der Waals surface area contributed by atoms with E-state index in [-0.39, 0.29) is 11.9 Å². The number of rotatable bonds is 3. The Labute approximate surface area is 131 Å². The monoisotopic (exact) mass is 313 g/mol. The maximum absolute atomic E-state index is 11.1. The number of nitrogens with zero attached hydrogens (tertiary/aromatic N) is 5. The van der Waals surface area contributed by atoms with Gasteiger partial charge in [-0.3, -0.25) is 0 Å². The van der Waals surface area contributed by atoms with Crippen LogP contribution in [0.25, 0.3) is 16.8 Å². The fraction of sp³-hybridized carbons (Fsp3) is 0.333. The fourth-order valence-electron chi connectivity index (χ4n) is 2.76. The van der Waals surface area contributed by atoms with Crippen molar-refractivity contribution in [1.29, 1.82) is 0 Å². The molecule has 1 unspecified atom stereocenters. The number of aromatic nitrogens is 5. The summed E-state index contributed by atoms with van der Waals surface area (Å²) in [5.74, 6) is -1.06. The van der Waals surface area contributed by atoms with Crippen LogP contribution in [-0.2, 0) is 4.74 Å². The summed E-state index contributed by atoms with van der Waals surface area (Å²) < 4.78 is 9.08. The second kappa shape index (κ2) is 5.47. The highest BCUT2D eigenvalue weighted by atomic mass is 16.5. The predicted octanol–water partition coefficient (Wildman–Crippen LogP) is 1.99. The number of carboxylic acids is 1. The zero-order chi connectivity index (χ0) is 15.8. The quantitative estimate of drug-likeness (QED) is 0.794. The molecule has 1 atom stereocenters. The summed E-state index contributed by atoms with van der Waals surface area (Å²) in [5, 5.41) is 17.7. The molecule has 0 radical (unpaired) electrons. The number of aromatic carboxylic acids is 1. The largest absolute Gasteiger partial charge is 0.477 e.